The minimum absolute atomic E-state index is 0.768. The number of aromatic nitrogens is 6. The number of para-hydroxylation sites is 2. The van der Waals surface area contributed by atoms with E-state index >= 15 is 0 Å². The molecule has 21 heavy (non-hydrogen) atoms. The molecule has 0 aliphatic rings. The van der Waals surface area contributed by atoms with Crippen LogP contribution in [0.15, 0.2) is 48.5 Å². The van der Waals surface area contributed by atoms with E-state index in [-0.39, 0.29) is 0 Å². The number of nitrogens with zero attached hydrogens (tertiary/aromatic N) is 7. The molecule has 0 aliphatic carbocycles. The van der Waals surface area contributed by atoms with Crippen molar-refractivity contribution in [2.24, 2.45) is 0 Å². The van der Waals surface area contributed by atoms with Gasteiger partial charge in [-0.1, -0.05) is 24.3 Å². The molecule has 0 N–H and O–H groups in total. The summed E-state index contributed by atoms with van der Waals surface area (Å²) in [6.45, 7) is 0. The zero-order valence-electron chi connectivity index (χ0n) is 11.2. The Morgan fingerprint density at radius 1 is 0.810 bits per heavy atom. The first-order valence-corrected chi connectivity index (χ1v) is 6.34. The van der Waals surface area contributed by atoms with Crippen LogP contribution >= 0.6 is 0 Å². The molecule has 4 aromatic rings. The van der Waals surface area contributed by atoms with Gasteiger partial charge >= 0.3 is 0 Å². The van der Waals surface area contributed by atoms with Gasteiger partial charge in [0.05, 0.1) is 7.11 Å². The van der Waals surface area contributed by atoms with E-state index < -0.39 is 0 Å². The SMILES string of the molecule is CON(n1nnc2ccccc21)n1nnc2ccccc21. The molecule has 0 spiro atoms. The Labute approximate surface area is 119 Å². The summed E-state index contributed by atoms with van der Waals surface area (Å²) < 4.78 is 0. The highest BCUT2D eigenvalue weighted by molar-refractivity contribution is 5.75. The highest BCUT2D eigenvalue weighted by Gasteiger charge is 2.17. The molecule has 2 heterocycles. The fourth-order valence-corrected chi connectivity index (χ4v) is 2.20. The minimum atomic E-state index is 0.768. The van der Waals surface area contributed by atoms with Crippen LogP contribution in [0.4, 0.5) is 0 Å². The molecule has 0 saturated carbocycles. The van der Waals surface area contributed by atoms with Crippen LogP contribution in [-0.2, 0) is 4.84 Å². The van der Waals surface area contributed by atoms with Crippen molar-refractivity contribution >= 4 is 22.1 Å². The average Bonchev–Trinajstić information content (AvgIpc) is 3.14. The normalized spacial score (nSPS) is 11.3. The van der Waals surface area contributed by atoms with E-state index in [4.69, 9.17) is 4.84 Å². The largest absolute Gasteiger partial charge is 0.239 e. The molecule has 0 unspecified atom stereocenters. The second-order valence-electron chi connectivity index (χ2n) is 4.37. The third-order valence-corrected chi connectivity index (χ3v) is 3.16. The van der Waals surface area contributed by atoms with Crippen LogP contribution in [0.1, 0.15) is 0 Å². The van der Waals surface area contributed by atoms with Gasteiger partial charge in [0, 0.05) is 0 Å². The molecule has 0 aliphatic heterocycles. The van der Waals surface area contributed by atoms with Gasteiger partial charge in [-0.15, -0.1) is 19.8 Å². The van der Waals surface area contributed by atoms with Crippen LogP contribution in [0.5, 0.6) is 0 Å². The molecular formula is C13H11N7O. The molecule has 0 atom stereocenters. The molecule has 2 aromatic carbocycles. The van der Waals surface area contributed by atoms with Crippen molar-refractivity contribution in [1.82, 2.24) is 30.2 Å². The molecule has 0 saturated heterocycles. The summed E-state index contributed by atoms with van der Waals surface area (Å²) in [4.78, 5) is 8.46. The minimum Gasteiger partial charge on any atom is -0.239 e. The summed E-state index contributed by atoms with van der Waals surface area (Å²) in [5, 5.41) is 17.8. The summed E-state index contributed by atoms with van der Waals surface area (Å²) in [5.74, 6) is 0. The third kappa shape index (κ3) is 1.73. The second kappa shape index (κ2) is 4.53. The van der Waals surface area contributed by atoms with E-state index in [0.29, 0.717) is 0 Å². The summed E-state index contributed by atoms with van der Waals surface area (Å²) in [6, 6.07) is 15.2. The van der Waals surface area contributed by atoms with E-state index in [1.54, 1.807) is 0 Å². The van der Waals surface area contributed by atoms with Crippen molar-refractivity contribution in [3.05, 3.63) is 48.5 Å². The van der Waals surface area contributed by atoms with Gasteiger partial charge in [-0.05, 0) is 40.0 Å². The topological polar surface area (TPSA) is 73.9 Å². The Morgan fingerprint density at radius 3 is 1.76 bits per heavy atom. The second-order valence-corrected chi connectivity index (χ2v) is 4.37. The van der Waals surface area contributed by atoms with Gasteiger partial charge in [0.15, 0.2) is 0 Å². The van der Waals surface area contributed by atoms with Crippen LogP contribution in [0, 0.1) is 0 Å². The van der Waals surface area contributed by atoms with Crippen molar-refractivity contribution in [2.75, 3.05) is 12.4 Å². The van der Waals surface area contributed by atoms with Gasteiger partial charge in [-0.3, -0.25) is 0 Å². The fraction of sp³-hybridized carbons (Fsp3) is 0.0769. The highest BCUT2D eigenvalue weighted by atomic mass is 16.7. The van der Waals surface area contributed by atoms with Gasteiger partial charge in [-0.25, -0.2) is 4.84 Å². The Morgan fingerprint density at radius 2 is 1.29 bits per heavy atom. The smallest absolute Gasteiger partial charge is 0.117 e. The lowest BCUT2D eigenvalue weighted by Crippen LogP contribution is -2.40. The van der Waals surface area contributed by atoms with E-state index in [1.165, 1.54) is 22.0 Å². The van der Waals surface area contributed by atoms with Crippen molar-refractivity contribution in [3.63, 3.8) is 0 Å². The van der Waals surface area contributed by atoms with Crippen molar-refractivity contribution in [1.29, 1.82) is 0 Å². The first-order chi connectivity index (χ1) is 10.4. The van der Waals surface area contributed by atoms with Gasteiger partial charge in [0.1, 0.15) is 22.1 Å². The van der Waals surface area contributed by atoms with Crippen LogP contribution in [0.3, 0.4) is 0 Å². The Bertz CT molecular complexity index is 839. The quantitative estimate of drug-likeness (QED) is 0.524. The first kappa shape index (κ1) is 11.8. The lowest BCUT2D eigenvalue weighted by atomic mass is 10.3. The van der Waals surface area contributed by atoms with Crippen LogP contribution in [0.2, 0.25) is 0 Å². The maximum Gasteiger partial charge on any atom is 0.117 e. The number of hydrogen-bond donors (Lipinski definition) is 0. The Kier molecular flexibility index (Phi) is 2.54. The monoisotopic (exact) mass is 281 g/mol. The van der Waals surface area contributed by atoms with E-state index in [9.17, 15) is 0 Å². The molecule has 4 rings (SSSR count). The van der Waals surface area contributed by atoms with Crippen LogP contribution in [0.25, 0.3) is 22.1 Å². The summed E-state index contributed by atoms with van der Waals surface area (Å²) in [6.07, 6.45) is 0. The predicted molar refractivity (Wildman–Crippen MR) is 75.7 cm³/mol. The molecule has 8 nitrogen and oxygen atoms in total. The molecule has 2 aromatic heterocycles. The van der Waals surface area contributed by atoms with Gasteiger partial charge in [-0.2, -0.15) is 0 Å². The maximum atomic E-state index is 5.41. The number of hydrogen-bond acceptors (Lipinski definition) is 6. The third-order valence-electron chi connectivity index (χ3n) is 3.16. The highest BCUT2D eigenvalue weighted by Crippen LogP contribution is 2.14. The van der Waals surface area contributed by atoms with Gasteiger partial charge < -0.3 is 0 Å². The standard InChI is InChI=1S/C13H11N7O/c1-21-20(18-12-8-4-2-6-10(12)14-16-18)19-13-9-5-3-7-11(13)15-17-19/h2-9H,1H3. The molecule has 8 heteroatoms. The average molecular weight is 281 g/mol. The first-order valence-electron chi connectivity index (χ1n) is 6.34. The molecule has 0 amide bonds. The summed E-state index contributed by atoms with van der Waals surface area (Å²) in [7, 11) is 1.53. The lowest BCUT2D eigenvalue weighted by molar-refractivity contribution is 0.0587. The zero-order chi connectivity index (χ0) is 14.2. The maximum absolute atomic E-state index is 5.41. The zero-order valence-corrected chi connectivity index (χ0v) is 11.2. The molecule has 0 radical (unpaired) electrons. The van der Waals surface area contributed by atoms with E-state index in [0.717, 1.165) is 22.1 Å². The predicted octanol–water partition coefficient (Wildman–Crippen LogP) is 1.14. The van der Waals surface area contributed by atoms with Crippen molar-refractivity contribution in [2.45, 2.75) is 0 Å². The fourth-order valence-electron chi connectivity index (χ4n) is 2.20. The number of fused-ring (bicyclic) bond motifs is 2. The van der Waals surface area contributed by atoms with E-state index in [1.807, 2.05) is 48.5 Å². The molecular weight excluding hydrogens is 270 g/mol. The van der Waals surface area contributed by atoms with Crippen LogP contribution < -0.4 is 5.28 Å². The Balaban J connectivity index is 1.92. The summed E-state index contributed by atoms with van der Waals surface area (Å²) in [5.41, 5.74) is 3.14. The van der Waals surface area contributed by atoms with Gasteiger partial charge in [0.2, 0.25) is 0 Å². The van der Waals surface area contributed by atoms with Crippen LogP contribution in [-0.4, -0.2) is 37.3 Å². The Hall–Kier alpha value is -3.00. The number of rotatable bonds is 3. The van der Waals surface area contributed by atoms with Crippen molar-refractivity contribution in [3.8, 4) is 0 Å². The summed E-state index contributed by atoms with van der Waals surface area (Å²) >= 11 is 0. The molecule has 104 valence electrons. The molecule has 0 fully saturated rings. The van der Waals surface area contributed by atoms with E-state index in [2.05, 4.69) is 20.6 Å². The molecule has 0 bridgehead atoms. The van der Waals surface area contributed by atoms with Gasteiger partial charge in [0.25, 0.3) is 0 Å². The number of benzene rings is 2. The lowest BCUT2D eigenvalue weighted by Gasteiger charge is -2.19. The van der Waals surface area contributed by atoms with Crippen molar-refractivity contribution < 1.29 is 4.84 Å².